The number of ether oxygens (including phenoxy) is 3. The fourth-order valence-electron chi connectivity index (χ4n) is 2.15. The lowest BCUT2D eigenvalue weighted by Gasteiger charge is -2.10. The van der Waals surface area contributed by atoms with Gasteiger partial charge in [0, 0.05) is 11.3 Å². The van der Waals surface area contributed by atoms with Crippen LogP contribution < -0.4 is 19.5 Å². The second-order valence-corrected chi connectivity index (χ2v) is 5.25. The van der Waals surface area contributed by atoms with E-state index in [1.807, 2.05) is 24.3 Å². The quantitative estimate of drug-likeness (QED) is 0.740. The molecule has 0 atom stereocenters. The van der Waals surface area contributed by atoms with Crippen LogP contribution in [0.5, 0.6) is 17.2 Å². The number of nitrogens with one attached hydrogen (secondary N) is 1. The van der Waals surface area contributed by atoms with Gasteiger partial charge in [0.15, 0.2) is 11.5 Å². The van der Waals surface area contributed by atoms with E-state index in [0.717, 1.165) is 18.6 Å². The smallest absolute Gasteiger partial charge is 0.255 e. The molecular formula is C19H23NO4. The number of carbonyl (C=O) groups is 1. The Balaban J connectivity index is 2.01. The topological polar surface area (TPSA) is 56.8 Å². The maximum Gasteiger partial charge on any atom is 0.255 e. The first kappa shape index (κ1) is 17.7. The summed E-state index contributed by atoms with van der Waals surface area (Å²) in [6, 6.07) is 12.4. The summed E-state index contributed by atoms with van der Waals surface area (Å²) in [5.41, 5.74) is 1.20. The third kappa shape index (κ3) is 4.65. The molecule has 0 saturated carbocycles. The van der Waals surface area contributed by atoms with Crippen LogP contribution in [0.2, 0.25) is 0 Å². The fraction of sp³-hybridized carbons (Fsp3) is 0.316. The first-order valence-corrected chi connectivity index (χ1v) is 7.94. The zero-order chi connectivity index (χ0) is 17.4. The minimum absolute atomic E-state index is 0.212. The van der Waals surface area contributed by atoms with Gasteiger partial charge in [-0.05, 0) is 48.9 Å². The Morgan fingerprint density at radius 2 is 1.71 bits per heavy atom. The molecule has 1 N–H and O–H groups in total. The molecule has 0 unspecified atom stereocenters. The summed E-state index contributed by atoms with van der Waals surface area (Å²) in [5, 5.41) is 2.85. The number of anilines is 1. The van der Waals surface area contributed by atoms with Gasteiger partial charge in [0.25, 0.3) is 5.91 Å². The van der Waals surface area contributed by atoms with Crippen LogP contribution in [0.15, 0.2) is 42.5 Å². The zero-order valence-electron chi connectivity index (χ0n) is 14.3. The number of benzene rings is 2. The van der Waals surface area contributed by atoms with Crippen LogP contribution in [0.3, 0.4) is 0 Å². The van der Waals surface area contributed by atoms with Gasteiger partial charge in [-0.15, -0.1) is 0 Å². The highest BCUT2D eigenvalue weighted by Gasteiger charge is 2.11. The fourth-order valence-corrected chi connectivity index (χ4v) is 2.15. The number of methoxy groups -OCH3 is 2. The standard InChI is InChI=1S/C19H23NO4/c1-4-5-12-24-16-9-7-15(8-10-16)20-19(21)14-6-11-17(22-2)18(13-14)23-3/h6-11,13H,4-5,12H2,1-3H3,(H,20,21). The second-order valence-electron chi connectivity index (χ2n) is 5.25. The van der Waals surface area contributed by atoms with Crippen LogP contribution in [0.4, 0.5) is 5.69 Å². The average Bonchev–Trinajstić information content (AvgIpc) is 2.62. The molecule has 2 rings (SSSR count). The average molecular weight is 329 g/mol. The van der Waals surface area contributed by atoms with Gasteiger partial charge in [0.05, 0.1) is 20.8 Å². The lowest BCUT2D eigenvalue weighted by atomic mass is 10.2. The molecule has 0 radical (unpaired) electrons. The van der Waals surface area contributed by atoms with Crippen molar-refractivity contribution in [2.24, 2.45) is 0 Å². The van der Waals surface area contributed by atoms with E-state index in [-0.39, 0.29) is 5.91 Å². The molecule has 24 heavy (non-hydrogen) atoms. The maximum absolute atomic E-state index is 12.3. The minimum Gasteiger partial charge on any atom is -0.494 e. The van der Waals surface area contributed by atoms with Crippen molar-refractivity contribution in [2.75, 3.05) is 26.1 Å². The van der Waals surface area contributed by atoms with Crippen LogP contribution in [-0.2, 0) is 0 Å². The van der Waals surface area contributed by atoms with E-state index in [0.29, 0.717) is 29.4 Å². The van der Waals surface area contributed by atoms with Crippen LogP contribution in [0.1, 0.15) is 30.1 Å². The Kier molecular flexibility index (Phi) is 6.49. The summed E-state index contributed by atoms with van der Waals surface area (Å²) in [6.45, 7) is 2.82. The van der Waals surface area contributed by atoms with Crippen molar-refractivity contribution in [3.8, 4) is 17.2 Å². The van der Waals surface area contributed by atoms with E-state index in [1.54, 1.807) is 25.3 Å². The Labute approximate surface area is 142 Å². The molecule has 0 fully saturated rings. The van der Waals surface area contributed by atoms with E-state index in [2.05, 4.69) is 12.2 Å². The SMILES string of the molecule is CCCCOc1ccc(NC(=O)c2ccc(OC)c(OC)c2)cc1. The molecule has 1 amide bonds. The number of hydrogen-bond donors (Lipinski definition) is 1. The largest absolute Gasteiger partial charge is 0.494 e. The molecule has 0 aromatic heterocycles. The molecule has 2 aromatic carbocycles. The number of carbonyl (C=O) groups excluding carboxylic acids is 1. The molecule has 0 bridgehead atoms. The van der Waals surface area contributed by atoms with E-state index in [4.69, 9.17) is 14.2 Å². The molecule has 5 heteroatoms. The summed E-state index contributed by atoms with van der Waals surface area (Å²) < 4.78 is 16.0. The highest BCUT2D eigenvalue weighted by atomic mass is 16.5. The predicted octanol–water partition coefficient (Wildman–Crippen LogP) is 4.14. The van der Waals surface area contributed by atoms with Crippen LogP contribution in [0, 0.1) is 0 Å². The van der Waals surface area contributed by atoms with Crippen LogP contribution in [0.25, 0.3) is 0 Å². The van der Waals surface area contributed by atoms with Gasteiger partial charge in [-0.1, -0.05) is 13.3 Å². The van der Waals surface area contributed by atoms with Crippen molar-refractivity contribution < 1.29 is 19.0 Å². The van der Waals surface area contributed by atoms with Gasteiger partial charge in [-0.3, -0.25) is 4.79 Å². The van der Waals surface area contributed by atoms with Gasteiger partial charge in [-0.2, -0.15) is 0 Å². The lowest BCUT2D eigenvalue weighted by molar-refractivity contribution is 0.102. The third-order valence-corrected chi connectivity index (χ3v) is 3.52. The molecule has 128 valence electrons. The summed E-state index contributed by atoms with van der Waals surface area (Å²) in [4.78, 5) is 12.3. The summed E-state index contributed by atoms with van der Waals surface area (Å²) >= 11 is 0. The van der Waals surface area contributed by atoms with Gasteiger partial charge in [0.1, 0.15) is 5.75 Å². The van der Waals surface area contributed by atoms with Crippen molar-refractivity contribution in [1.29, 1.82) is 0 Å². The normalized spacial score (nSPS) is 10.1. The van der Waals surface area contributed by atoms with Gasteiger partial charge in [-0.25, -0.2) is 0 Å². The lowest BCUT2D eigenvalue weighted by Crippen LogP contribution is -2.12. The molecular weight excluding hydrogens is 306 g/mol. The molecule has 0 heterocycles. The summed E-state index contributed by atoms with van der Waals surface area (Å²) in [5.74, 6) is 1.69. The third-order valence-electron chi connectivity index (χ3n) is 3.52. The number of hydrogen-bond acceptors (Lipinski definition) is 4. The molecule has 0 spiro atoms. The van der Waals surface area contributed by atoms with Gasteiger partial charge >= 0.3 is 0 Å². The molecule has 0 saturated heterocycles. The predicted molar refractivity (Wildman–Crippen MR) is 94.3 cm³/mol. The van der Waals surface area contributed by atoms with Crippen molar-refractivity contribution >= 4 is 11.6 Å². The number of rotatable bonds is 8. The van der Waals surface area contributed by atoms with Crippen molar-refractivity contribution in [2.45, 2.75) is 19.8 Å². The second kappa shape index (κ2) is 8.82. The Bertz CT molecular complexity index is 668. The van der Waals surface area contributed by atoms with Crippen LogP contribution in [-0.4, -0.2) is 26.7 Å². The zero-order valence-corrected chi connectivity index (χ0v) is 14.3. The minimum atomic E-state index is -0.212. The Morgan fingerprint density at radius 3 is 2.33 bits per heavy atom. The first-order chi connectivity index (χ1) is 11.7. The maximum atomic E-state index is 12.3. The molecule has 5 nitrogen and oxygen atoms in total. The van der Waals surface area contributed by atoms with Crippen molar-refractivity contribution in [3.63, 3.8) is 0 Å². The highest BCUT2D eigenvalue weighted by Crippen LogP contribution is 2.28. The Morgan fingerprint density at radius 1 is 1.00 bits per heavy atom. The first-order valence-electron chi connectivity index (χ1n) is 7.94. The van der Waals surface area contributed by atoms with Gasteiger partial charge in [0.2, 0.25) is 0 Å². The number of unbranched alkanes of at least 4 members (excludes halogenated alkanes) is 1. The summed E-state index contributed by atoms with van der Waals surface area (Å²) in [7, 11) is 3.10. The monoisotopic (exact) mass is 329 g/mol. The molecule has 2 aromatic rings. The van der Waals surface area contributed by atoms with Crippen molar-refractivity contribution in [1.82, 2.24) is 0 Å². The summed E-state index contributed by atoms with van der Waals surface area (Å²) in [6.07, 6.45) is 2.12. The molecule has 0 aliphatic heterocycles. The van der Waals surface area contributed by atoms with E-state index < -0.39 is 0 Å². The van der Waals surface area contributed by atoms with E-state index in [1.165, 1.54) is 7.11 Å². The Hall–Kier alpha value is -2.69. The molecule has 0 aliphatic carbocycles. The van der Waals surface area contributed by atoms with Crippen LogP contribution >= 0.6 is 0 Å². The highest BCUT2D eigenvalue weighted by molar-refractivity contribution is 6.04. The van der Waals surface area contributed by atoms with E-state index >= 15 is 0 Å². The van der Waals surface area contributed by atoms with Gasteiger partial charge < -0.3 is 19.5 Å². The number of amides is 1. The molecule has 0 aliphatic rings. The van der Waals surface area contributed by atoms with E-state index in [9.17, 15) is 4.79 Å². The van der Waals surface area contributed by atoms with Crippen molar-refractivity contribution in [3.05, 3.63) is 48.0 Å².